The maximum atomic E-state index is 12.4. The van der Waals surface area contributed by atoms with Crippen LogP contribution in [0, 0.1) is 13.8 Å². The molecule has 1 atom stereocenters. The van der Waals surface area contributed by atoms with Crippen LogP contribution in [0.25, 0.3) is 5.78 Å². The van der Waals surface area contributed by atoms with E-state index in [9.17, 15) is 4.79 Å². The number of nitrogens with one attached hydrogen (secondary N) is 1. The number of benzene rings is 1. The summed E-state index contributed by atoms with van der Waals surface area (Å²) in [5.41, 5.74) is 9.71. The third-order valence-corrected chi connectivity index (χ3v) is 4.98. The SMILES string of the molecule is CC[C@H](CNC(=O)CCc1c(C)nc2nc(N)nn2c1C)c1ccccc1. The van der Waals surface area contributed by atoms with Crippen molar-refractivity contribution in [2.45, 2.75) is 46.0 Å². The highest BCUT2D eigenvalue weighted by Gasteiger charge is 2.15. The molecule has 0 aliphatic rings. The van der Waals surface area contributed by atoms with Gasteiger partial charge in [-0.3, -0.25) is 4.79 Å². The van der Waals surface area contributed by atoms with E-state index >= 15 is 0 Å². The molecule has 1 amide bonds. The zero-order valence-electron chi connectivity index (χ0n) is 16.1. The standard InChI is InChI=1S/C20H26N6O/c1-4-15(16-8-6-5-7-9-16)12-22-18(27)11-10-17-13(2)23-20-24-19(21)25-26(20)14(17)3/h5-9,15H,4,10-12H2,1-3H3,(H2,21,25)(H,22,27)/t15-/m1/s1. The van der Waals surface area contributed by atoms with Crippen LogP contribution in [0.4, 0.5) is 5.95 Å². The van der Waals surface area contributed by atoms with Crippen LogP contribution in [-0.4, -0.2) is 32.0 Å². The molecule has 7 nitrogen and oxygen atoms in total. The first-order chi connectivity index (χ1) is 13.0. The second kappa shape index (κ2) is 8.16. The van der Waals surface area contributed by atoms with Gasteiger partial charge in [0.05, 0.1) is 0 Å². The van der Waals surface area contributed by atoms with Crippen molar-refractivity contribution >= 4 is 17.6 Å². The monoisotopic (exact) mass is 366 g/mol. The molecule has 0 aliphatic carbocycles. The van der Waals surface area contributed by atoms with E-state index < -0.39 is 0 Å². The van der Waals surface area contributed by atoms with Crippen LogP contribution in [0.2, 0.25) is 0 Å². The van der Waals surface area contributed by atoms with E-state index in [4.69, 9.17) is 5.73 Å². The van der Waals surface area contributed by atoms with Crippen LogP contribution >= 0.6 is 0 Å². The number of fused-ring (bicyclic) bond motifs is 1. The van der Waals surface area contributed by atoms with Crippen LogP contribution in [-0.2, 0) is 11.2 Å². The number of amides is 1. The number of carbonyl (C=O) groups is 1. The summed E-state index contributed by atoms with van der Waals surface area (Å²) < 4.78 is 1.64. The van der Waals surface area contributed by atoms with Gasteiger partial charge in [-0.05, 0) is 37.8 Å². The lowest BCUT2D eigenvalue weighted by Gasteiger charge is -2.16. The van der Waals surface area contributed by atoms with E-state index in [1.54, 1.807) is 4.52 Å². The van der Waals surface area contributed by atoms with E-state index in [0.717, 1.165) is 23.4 Å². The molecule has 0 aliphatic heterocycles. The average molecular weight is 366 g/mol. The molecule has 0 saturated carbocycles. The Morgan fingerprint density at radius 3 is 2.67 bits per heavy atom. The number of aromatic nitrogens is 4. The topological polar surface area (TPSA) is 98.2 Å². The van der Waals surface area contributed by atoms with Gasteiger partial charge in [0.1, 0.15) is 0 Å². The van der Waals surface area contributed by atoms with Gasteiger partial charge in [0.15, 0.2) is 0 Å². The second-order valence-corrected chi connectivity index (χ2v) is 6.76. The second-order valence-electron chi connectivity index (χ2n) is 6.76. The molecule has 1 aromatic carbocycles. The molecule has 3 rings (SSSR count). The van der Waals surface area contributed by atoms with E-state index in [2.05, 4.69) is 39.4 Å². The number of nitrogen functional groups attached to an aromatic ring is 1. The van der Waals surface area contributed by atoms with Crippen LogP contribution in [0.1, 0.15) is 48.2 Å². The summed E-state index contributed by atoms with van der Waals surface area (Å²) in [6.07, 6.45) is 2.00. The summed E-state index contributed by atoms with van der Waals surface area (Å²) in [6, 6.07) is 10.3. The number of carbonyl (C=O) groups excluding carboxylic acids is 1. The Hall–Kier alpha value is -2.96. The lowest BCUT2D eigenvalue weighted by molar-refractivity contribution is -0.121. The van der Waals surface area contributed by atoms with E-state index in [1.165, 1.54) is 5.56 Å². The van der Waals surface area contributed by atoms with Gasteiger partial charge >= 0.3 is 0 Å². The summed E-state index contributed by atoms with van der Waals surface area (Å²) >= 11 is 0. The van der Waals surface area contributed by atoms with Crippen molar-refractivity contribution in [2.24, 2.45) is 0 Å². The average Bonchev–Trinajstić information content (AvgIpc) is 3.03. The van der Waals surface area contributed by atoms with Crippen molar-refractivity contribution in [3.05, 3.63) is 52.8 Å². The summed E-state index contributed by atoms with van der Waals surface area (Å²) in [5.74, 6) is 1.06. The van der Waals surface area contributed by atoms with Crippen molar-refractivity contribution in [2.75, 3.05) is 12.3 Å². The van der Waals surface area contributed by atoms with Crippen molar-refractivity contribution in [3.63, 3.8) is 0 Å². The third-order valence-electron chi connectivity index (χ3n) is 4.98. The molecular weight excluding hydrogens is 340 g/mol. The molecule has 0 unspecified atom stereocenters. The van der Waals surface area contributed by atoms with Gasteiger partial charge < -0.3 is 11.1 Å². The Labute approximate surface area is 159 Å². The zero-order chi connectivity index (χ0) is 19.4. The number of anilines is 1. The van der Waals surface area contributed by atoms with Crippen LogP contribution < -0.4 is 11.1 Å². The van der Waals surface area contributed by atoms with Gasteiger partial charge in [0.2, 0.25) is 11.9 Å². The molecule has 2 heterocycles. The molecule has 0 saturated heterocycles. The molecule has 0 bridgehead atoms. The summed E-state index contributed by atoms with van der Waals surface area (Å²) in [7, 11) is 0. The quantitative estimate of drug-likeness (QED) is 0.670. The van der Waals surface area contributed by atoms with Crippen molar-refractivity contribution in [3.8, 4) is 0 Å². The summed E-state index contributed by atoms with van der Waals surface area (Å²) in [5, 5.41) is 7.23. The Bertz CT molecular complexity index is 935. The predicted molar refractivity (Wildman–Crippen MR) is 105 cm³/mol. The minimum Gasteiger partial charge on any atom is -0.366 e. The fourth-order valence-corrected chi connectivity index (χ4v) is 3.37. The van der Waals surface area contributed by atoms with Crippen molar-refractivity contribution in [1.29, 1.82) is 0 Å². The number of hydrogen-bond acceptors (Lipinski definition) is 5. The Kier molecular flexibility index (Phi) is 5.69. The highest BCUT2D eigenvalue weighted by Crippen LogP contribution is 2.19. The molecule has 27 heavy (non-hydrogen) atoms. The maximum absolute atomic E-state index is 12.4. The fourth-order valence-electron chi connectivity index (χ4n) is 3.37. The lowest BCUT2D eigenvalue weighted by atomic mass is 9.96. The Balaban J connectivity index is 1.61. The molecule has 3 aromatic rings. The number of nitrogens with two attached hydrogens (primary N) is 1. The number of nitrogens with zero attached hydrogens (tertiary/aromatic N) is 4. The molecule has 0 radical (unpaired) electrons. The Morgan fingerprint density at radius 2 is 1.96 bits per heavy atom. The van der Waals surface area contributed by atoms with Gasteiger partial charge in [-0.25, -0.2) is 4.98 Å². The molecule has 142 valence electrons. The zero-order valence-corrected chi connectivity index (χ0v) is 16.1. The van der Waals surface area contributed by atoms with Crippen LogP contribution in [0.5, 0.6) is 0 Å². The van der Waals surface area contributed by atoms with Gasteiger partial charge in [-0.1, -0.05) is 37.3 Å². The minimum absolute atomic E-state index is 0.0429. The van der Waals surface area contributed by atoms with Gasteiger partial charge in [-0.15, -0.1) is 5.10 Å². The van der Waals surface area contributed by atoms with E-state index in [0.29, 0.717) is 31.1 Å². The number of rotatable bonds is 7. The predicted octanol–water partition coefficient (Wildman–Crippen LogP) is 2.57. The molecule has 7 heteroatoms. The largest absolute Gasteiger partial charge is 0.366 e. The van der Waals surface area contributed by atoms with Crippen LogP contribution in [0.15, 0.2) is 30.3 Å². The molecule has 2 aromatic heterocycles. The maximum Gasteiger partial charge on any atom is 0.254 e. The molecule has 0 fully saturated rings. The molecule has 3 N–H and O–H groups in total. The molecular formula is C20H26N6O. The lowest BCUT2D eigenvalue weighted by Crippen LogP contribution is -2.28. The van der Waals surface area contributed by atoms with E-state index in [1.807, 2.05) is 32.0 Å². The fraction of sp³-hybridized carbons (Fsp3) is 0.400. The first-order valence-corrected chi connectivity index (χ1v) is 9.29. The Morgan fingerprint density at radius 1 is 1.22 bits per heavy atom. The highest BCUT2D eigenvalue weighted by atomic mass is 16.1. The van der Waals surface area contributed by atoms with Crippen molar-refractivity contribution < 1.29 is 4.79 Å². The normalized spacial score (nSPS) is 12.3. The van der Waals surface area contributed by atoms with Gasteiger partial charge in [0, 0.05) is 30.3 Å². The minimum atomic E-state index is 0.0429. The summed E-state index contributed by atoms with van der Waals surface area (Å²) in [6.45, 7) is 6.66. The number of aryl methyl sites for hydroxylation is 2. The third kappa shape index (κ3) is 4.24. The first-order valence-electron chi connectivity index (χ1n) is 9.29. The smallest absolute Gasteiger partial charge is 0.254 e. The van der Waals surface area contributed by atoms with Gasteiger partial charge in [-0.2, -0.15) is 9.50 Å². The van der Waals surface area contributed by atoms with Gasteiger partial charge in [0.25, 0.3) is 5.78 Å². The highest BCUT2D eigenvalue weighted by molar-refractivity contribution is 5.76. The number of hydrogen-bond donors (Lipinski definition) is 2. The first kappa shape index (κ1) is 18.8. The van der Waals surface area contributed by atoms with Crippen molar-refractivity contribution in [1.82, 2.24) is 24.9 Å². The summed E-state index contributed by atoms with van der Waals surface area (Å²) in [4.78, 5) is 20.9. The van der Waals surface area contributed by atoms with E-state index in [-0.39, 0.29) is 11.9 Å². The molecule has 0 spiro atoms. The van der Waals surface area contributed by atoms with Crippen LogP contribution in [0.3, 0.4) is 0 Å².